The zero-order valence-corrected chi connectivity index (χ0v) is 15.3. The molecule has 5 nitrogen and oxygen atoms in total. The molecule has 1 aliphatic rings. The van der Waals surface area contributed by atoms with Crippen LogP contribution in [0.1, 0.15) is 50.1 Å². The van der Waals surface area contributed by atoms with Crippen LogP contribution < -0.4 is 10.1 Å². The van der Waals surface area contributed by atoms with Crippen molar-refractivity contribution in [2.45, 2.75) is 45.1 Å². The van der Waals surface area contributed by atoms with Crippen molar-refractivity contribution in [1.82, 2.24) is 14.6 Å². The number of hydrogen-bond donors (Lipinski definition) is 1. The first-order chi connectivity index (χ1) is 11.5. The van der Waals surface area contributed by atoms with Crippen molar-refractivity contribution in [3.05, 3.63) is 41.2 Å². The molecule has 0 spiro atoms. The van der Waals surface area contributed by atoms with Gasteiger partial charge in [0.25, 0.3) is 0 Å². The van der Waals surface area contributed by atoms with Gasteiger partial charge in [-0.05, 0) is 30.0 Å². The van der Waals surface area contributed by atoms with E-state index in [1.54, 1.807) is 18.4 Å². The standard InChI is InChI=1S/C18H22N4OS/c1-18(2,3)15-10-22-17(20-15)24-16(21-22)19-13-9-8-12-11(13)6-5-7-14(12)23-4/h5-7,10,13H,8-9H2,1-4H3,(H,19,21). The van der Waals surface area contributed by atoms with Crippen LogP contribution in [0.3, 0.4) is 0 Å². The number of ether oxygens (including phenoxy) is 1. The molecule has 3 aromatic rings. The highest BCUT2D eigenvalue weighted by Crippen LogP contribution is 2.39. The van der Waals surface area contributed by atoms with Gasteiger partial charge in [0.05, 0.1) is 25.0 Å². The Morgan fingerprint density at radius 2 is 2.17 bits per heavy atom. The normalized spacial score (nSPS) is 17.2. The third kappa shape index (κ3) is 2.55. The van der Waals surface area contributed by atoms with Crippen LogP contribution in [-0.2, 0) is 11.8 Å². The number of aromatic nitrogens is 3. The van der Waals surface area contributed by atoms with Crippen molar-refractivity contribution < 1.29 is 4.74 Å². The summed E-state index contributed by atoms with van der Waals surface area (Å²) in [5.74, 6) is 0.987. The maximum Gasteiger partial charge on any atom is 0.214 e. The van der Waals surface area contributed by atoms with E-state index < -0.39 is 0 Å². The first-order valence-electron chi connectivity index (χ1n) is 8.25. The minimum atomic E-state index is 0.0436. The van der Waals surface area contributed by atoms with Crippen molar-refractivity contribution in [3.8, 4) is 5.75 Å². The van der Waals surface area contributed by atoms with Crippen LogP contribution in [0.25, 0.3) is 4.96 Å². The first kappa shape index (κ1) is 15.4. The van der Waals surface area contributed by atoms with E-state index >= 15 is 0 Å². The van der Waals surface area contributed by atoms with Gasteiger partial charge in [0.2, 0.25) is 10.1 Å². The molecule has 0 saturated heterocycles. The summed E-state index contributed by atoms with van der Waals surface area (Å²) in [6.07, 6.45) is 4.13. The molecule has 126 valence electrons. The lowest BCUT2D eigenvalue weighted by atomic mass is 9.93. The van der Waals surface area contributed by atoms with E-state index in [0.717, 1.165) is 34.4 Å². The molecule has 6 heteroatoms. The van der Waals surface area contributed by atoms with Crippen LogP contribution in [0.5, 0.6) is 5.75 Å². The Labute approximate surface area is 145 Å². The SMILES string of the molecule is COc1cccc2c1CCC2Nc1nn2cc(C(C)(C)C)nc2s1. The molecular weight excluding hydrogens is 320 g/mol. The molecule has 0 fully saturated rings. The average molecular weight is 342 g/mol. The zero-order valence-electron chi connectivity index (χ0n) is 14.5. The molecule has 1 atom stereocenters. The number of rotatable bonds is 3. The maximum absolute atomic E-state index is 5.48. The van der Waals surface area contributed by atoms with Crippen LogP contribution >= 0.6 is 11.3 Å². The van der Waals surface area contributed by atoms with E-state index in [2.05, 4.69) is 43.3 Å². The minimum Gasteiger partial charge on any atom is -0.496 e. The van der Waals surface area contributed by atoms with Gasteiger partial charge < -0.3 is 10.1 Å². The molecule has 1 N–H and O–H groups in total. The van der Waals surface area contributed by atoms with Gasteiger partial charge in [0, 0.05) is 5.41 Å². The second kappa shape index (κ2) is 5.48. The molecular formula is C18H22N4OS. The Kier molecular flexibility index (Phi) is 3.53. The average Bonchev–Trinajstić information content (AvgIpc) is 3.19. The summed E-state index contributed by atoms with van der Waals surface area (Å²) >= 11 is 1.60. The Morgan fingerprint density at radius 1 is 1.33 bits per heavy atom. The van der Waals surface area contributed by atoms with E-state index in [1.807, 2.05) is 16.8 Å². The highest BCUT2D eigenvalue weighted by Gasteiger charge is 2.26. The number of imidazole rings is 1. The molecule has 2 heterocycles. The number of methoxy groups -OCH3 is 1. The summed E-state index contributed by atoms with van der Waals surface area (Å²) in [4.78, 5) is 5.65. The van der Waals surface area contributed by atoms with Crippen molar-refractivity contribution in [1.29, 1.82) is 0 Å². The quantitative estimate of drug-likeness (QED) is 0.775. The van der Waals surface area contributed by atoms with Crippen LogP contribution in [0, 0.1) is 0 Å². The molecule has 0 radical (unpaired) electrons. The van der Waals surface area contributed by atoms with Crippen molar-refractivity contribution >= 4 is 21.4 Å². The van der Waals surface area contributed by atoms with Crippen LogP contribution in [0.15, 0.2) is 24.4 Å². The molecule has 1 aliphatic carbocycles. The lowest BCUT2D eigenvalue weighted by Crippen LogP contribution is -2.11. The highest BCUT2D eigenvalue weighted by molar-refractivity contribution is 7.20. The number of benzene rings is 1. The molecule has 4 rings (SSSR count). The smallest absolute Gasteiger partial charge is 0.214 e. The van der Waals surface area contributed by atoms with Gasteiger partial charge in [-0.15, -0.1) is 5.10 Å². The van der Waals surface area contributed by atoms with Gasteiger partial charge in [0.1, 0.15) is 5.75 Å². The third-order valence-electron chi connectivity index (χ3n) is 4.56. The second-order valence-electron chi connectivity index (χ2n) is 7.27. The van der Waals surface area contributed by atoms with Crippen LogP contribution in [-0.4, -0.2) is 21.7 Å². The van der Waals surface area contributed by atoms with E-state index in [0.29, 0.717) is 0 Å². The van der Waals surface area contributed by atoms with E-state index in [1.165, 1.54) is 11.1 Å². The van der Waals surface area contributed by atoms with Gasteiger partial charge in [0.15, 0.2) is 0 Å². The Bertz CT molecular complexity index is 859. The molecule has 0 aliphatic heterocycles. The second-order valence-corrected chi connectivity index (χ2v) is 8.23. The summed E-state index contributed by atoms with van der Waals surface area (Å²) in [7, 11) is 1.74. The van der Waals surface area contributed by atoms with E-state index in [-0.39, 0.29) is 11.5 Å². The molecule has 24 heavy (non-hydrogen) atoms. The van der Waals surface area contributed by atoms with E-state index in [9.17, 15) is 0 Å². The number of hydrogen-bond acceptors (Lipinski definition) is 5. The highest BCUT2D eigenvalue weighted by atomic mass is 32.1. The molecule has 0 bridgehead atoms. The van der Waals surface area contributed by atoms with Gasteiger partial charge >= 0.3 is 0 Å². The summed E-state index contributed by atoms with van der Waals surface area (Å²) in [6, 6.07) is 6.56. The van der Waals surface area contributed by atoms with Gasteiger partial charge in [-0.2, -0.15) is 0 Å². The summed E-state index contributed by atoms with van der Waals surface area (Å²) in [6.45, 7) is 6.50. The van der Waals surface area contributed by atoms with Crippen molar-refractivity contribution in [2.75, 3.05) is 12.4 Å². The number of nitrogens with one attached hydrogen (secondary N) is 1. The largest absolute Gasteiger partial charge is 0.496 e. The first-order valence-corrected chi connectivity index (χ1v) is 9.06. The maximum atomic E-state index is 5.48. The van der Waals surface area contributed by atoms with Crippen molar-refractivity contribution in [2.24, 2.45) is 0 Å². The summed E-state index contributed by atoms with van der Waals surface area (Å²) < 4.78 is 7.37. The molecule has 1 unspecified atom stereocenters. The molecule has 1 aromatic carbocycles. The predicted molar refractivity (Wildman–Crippen MR) is 97.2 cm³/mol. The summed E-state index contributed by atoms with van der Waals surface area (Å²) in [5, 5.41) is 9.14. The Balaban J connectivity index is 1.59. The fourth-order valence-electron chi connectivity index (χ4n) is 3.23. The van der Waals surface area contributed by atoms with Crippen molar-refractivity contribution in [3.63, 3.8) is 0 Å². The predicted octanol–water partition coefficient (Wildman–Crippen LogP) is 4.20. The molecule has 0 amide bonds. The molecule has 2 aromatic heterocycles. The van der Waals surface area contributed by atoms with Crippen LogP contribution in [0.4, 0.5) is 5.13 Å². The Morgan fingerprint density at radius 3 is 2.88 bits per heavy atom. The third-order valence-corrected chi connectivity index (χ3v) is 5.41. The number of fused-ring (bicyclic) bond motifs is 2. The van der Waals surface area contributed by atoms with Gasteiger partial charge in [-0.25, -0.2) is 9.50 Å². The van der Waals surface area contributed by atoms with Crippen LogP contribution in [0.2, 0.25) is 0 Å². The lowest BCUT2D eigenvalue weighted by Gasteiger charge is -2.14. The van der Waals surface area contributed by atoms with Gasteiger partial charge in [-0.1, -0.05) is 44.2 Å². The lowest BCUT2D eigenvalue weighted by molar-refractivity contribution is 0.410. The number of anilines is 1. The zero-order chi connectivity index (χ0) is 16.9. The monoisotopic (exact) mass is 342 g/mol. The number of nitrogens with zero attached hydrogens (tertiary/aromatic N) is 3. The van der Waals surface area contributed by atoms with E-state index in [4.69, 9.17) is 9.72 Å². The van der Waals surface area contributed by atoms with Gasteiger partial charge in [-0.3, -0.25) is 0 Å². The minimum absolute atomic E-state index is 0.0436. The summed E-state index contributed by atoms with van der Waals surface area (Å²) in [5.41, 5.74) is 3.75. The topological polar surface area (TPSA) is 51.5 Å². The fourth-order valence-corrected chi connectivity index (χ4v) is 4.06. The Hall–Kier alpha value is -2.08. The molecule has 0 saturated carbocycles. The fraction of sp³-hybridized carbons (Fsp3) is 0.444.